The average molecular weight is 357 g/mol. The van der Waals surface area contributed by atoms with Crippen LogP contribution in [0.15, 0.2) is 48.5 Å². The number of para-hydroxylation sites is 2. The molecule has 1 aliphatic heterocycles. The van der Waals surface area contributed by atoms with Gasteiger partial charge in [0, 0.05) is 6.61 Å². The van der Waals surface area contributed by atoms with Gasteiger partial charge in [-0.3, -0.25) is 4.79 Å². The molecule has 138 valence electrons. The summed E-state index contributed by atoms with van der Waals surface area (Å²) < 4.78 is 22.0. The van der Waals surface area contributed by atoms with Crippen molar-refractivity contribution in [3.8, 4) is 17.2 Å². The largest absolute Gasteiger partial charge is 0.497 e. The maximum Gasteiger partial charge on any atom is 0.262 e. The van der Waals surface area contributed by atoms with Gasteiger partial charge in [-0.05, 0) is 49.2 Å². The van der Waals surface area contributed by atoms with Crippen LogP contribution >= 0.6 is 0 Å². The monoisotopic (exact) mass is 357 g/mol. The van der Waals surface area contributed by atoms with Crippen molar-refractivity contribution >= 4 is 11.6 Å². The number of rotatable bonds is 8. The van der Waals surface area contributed by atoms with E-state index in [0.29, 0.717) is 23.8 Å². The maximum atomic E-state index is 12.2. The Morgan fingerprint density at radius 2 is 1.88 bits per heavy atom. The number of ether oxygens (including phenoxy) is 4. The van der Waals surface area contributed by atoms with E-state index in [4.69, 9.17) is 18.9 Å². The fourth-order valence-corrected chi connectivity index (χ4v) is 2.66. The Kier molecular flexibility index (Phi) is 6.33. The molecule has 1 aliphatic rings. The molecule has 6 nitrogen and oxygen atoms in total. The first kappa shape index (κ1) is 18.1. The molecule has 2 aromatic rings. The fraction of sp³-hybridized carbons (Fsp3) is 0.350. The summed E-state index contributed by atoms with van der Waals surface area (Å²) >= 11 is 0. The molecule has 1 saturated heterocycles. The number of hydrogen-bond donors (Lipinski definition) is 1. The third-order valence-corrected chi connectivity index (χ3v) is 4.04. The number of anilines is 1. The summed E-state index contributed by atoms with van der Waals surface area (Å²) in [6.07, 6.45) is 2.19. The number of nitrogens with one attached hydrogen (secondary N) is 1. The molecule has 26 heavy (non-hydrogen) atoms. The molecule has 2 aromatic carbocycles. The van der Waals surface area contributed by atoms with Gasteiger partial charge in [-0.2, -0.15) is 0 Å². The number of methoxy groups -OCH3 is 1. The lowest BCUT2D eigenvalue weighted by Crippen LogP contribution is -2.21. The van der Waals surface area contributed by atoms with Crippen LogP contribution in [0, 0.1) is 0 Å². The zero-order valence-electron chi connectivity index (χ0n) is 14.8. The molecule has 6 heteroatoms. The van der Waals surface area contributed by atoms with E-state index >= 15 is 0 Å². The average Bonchev–Trinajstić information content (AvgIpc) is 3.20. The topological polar surface area (TPSA) is 66.0 Å². The highest BCUT2D eigenvalue weighted by Gasteiger charge is 2.17. The van der Waals surface area contributed by atoms with Gasteiger partial charge in [0.1, 0.15) is 23.9 Å². The molecule has 1 fully saturated rings. The molecule has 1 atom stereocenters. The lowest BCUT2D eigenvalue weighted by Gasteiger charge is -2.15. The van der Waals surface area contributed by atoms with Gasteiger partial charge >= 0.3 is 0 Å². The van der Waals surface area contributed by atoms with Crippen LogP contribution in [-0.2, 0) is 9.53 Å². The summed E-state index contributed by atoms with van der Waals surface area (Å²) in [5.74, 6) is 1.71. The van der Waals surface area contributed by atoms with Crippen molar-refractivity contribution in [3.05, 3.63) is 48.5 Å². The molecule has 3 rings (SSSR count). The Morgan fingerprint density at radius 1 is 1.12 bits per heavy atom. The van der Waals surface area contributed by atoms with E-state index in [1.807, 2.05) is 18.2 Å². The number of carbonyl (C=O) groups excluding carboxylic acids is 1. The molecule has 0 spiro atoms. The molecule has 1 N–H and O–H groups in total. The SMILES string of the molecule is COc1ccc(OCC(=O)Nc2ccccc2OC[C@H]2CCCO2)cc1. The predicted octanol–water partition coefficient (Wildman–Crippen LogP) is 3.27. The van der Waals surface area contributed by atoms with Gasteiger partial charge in [-0.15, -0.1) is 0 Å². The van der Waals surface area contributed by atoms with Gasteiger partial charge in [0.05, 0.1) is 18.9 Å². The third kappa shape index (κ3) is 5.13. The summed E-state index contributed by atoms with van der Waals surface area (Å²) in [4.78, 5) is 12.2. The zero-order valence-corrected chi connectivity index (χ0v) is 14.8. The lowest BCUT2D eigenvalue weighted by molar-refractivity contribution is -0.118. The first-order valence-corrected chi connectivity index (χ1v) is 8.65. The summed E-state index contributed by atoms with van der Waals surface area (Å²) in [7, 11) is 1.60. The van der Waals surface area contributed by atoms with E-state index < -0.39 is 0 Å². The quantitative estimate of drug-likeness (QED) is 0.785. The highest BCUT2D eigenvalue weighted by Crippen LogP contribution is 2.25. The van der Waals surface area contributed by atoms with Gasteiger partial charge < -0.3 is 24.3 Å². The number of hydrogen-bond acceptors (Lipinski definition) is 5. The minimum absolute atomic E-state index is 0.0909. The van der Waals surface area contributed by atoms with Crippen molar-refractivity contribution in [1.82, 2.24) is 0 Å². The number of carbonyl (C=O) groups is 1. The molecule has 0 saturated carbocycles. The van der Waals surface area contributed by atoms with Crippen molar-refractivity contribution in [2.45, 2.75) is 18.9 Å². The Labute approximate surface area is 153 Å². The van der Waals surface area contributed by atoms with Crippen molar-refractivity contribution < 1.29 is 23.7 Å². The van der Waals surface area contributed by atoms with Crippen LogP contribution in [0.5, 0.6) is 17.2 Å². The zero-order chi connectivity index (χ0) is 18.2. The summed E-state index contributed by atoms with van der Waals surface area (Å²) in [5, 5.41) is 2.82. The minimum atomic E-state index is -0.256. The predicted molar refractivity (Wildman–Crippen MR) is 98.0 cm³/mol. The maximum absolute atomic E-state index is 12.2. The molecule has 0 bridgehead atoms. The van der Waals surface area contributed by atoms with Crippen LogP contribution in [0.25, 0.3) is 0 Å². The first-order valence-electron chi connectivity index (χ1n) is 8.65. The normalized spacial score (nSPS) is 16.1. The van der Waals surface area contributed by atoms with Crippen molar-refractivity contribution in [2.24, 2.45) is 0 Å². The van der Waals surface area contributed by atoms with E-state index in [9.17, 15) is 4.79 Å². The number of amides is 1. The van der Waals surface area contributed by atoms with Crippen LogP contribution in [0.4, 0.5) is 5.69 Å². The first-order chi connectivity index (χ1) is 12.7. The second-order valence-corrected chi connectivity index (χ2v) is 5.95. The van der Waals surface area contributed by atoms with Crippen LogP contribution in [0.3, 0.4) is 0 Å². The van der Waals surface area contributed by atoms with Gasteiger partial charge in [0.25, 0.3) is 5.91 Å². The van der Waals surface area contributed by atoms with Crippen LogP contribution in [0.1, 0.15) is 12.8 Å². The minimum Gasteiger partial charge on any atom is -0.497 e. The van der Waals surface area contributed by atoms with Crippen LogP contribution in [-0.4, -0.2) is 38.9 Å². The van der Waals surface area contributed by atoms with Gasteiger partial charge in [-0.25, -0.2) is 0 Å². The van der Waals surface area contributed by atoms with E-state index in [-0.39, 0.29) is 18.6 Å². The van der Waals surface area contributed by atoms with E-state index in [1.54, 1.807) is 37.4 Å². The fourth-order valence-electron chi connectivity index (χ4n) is 2.66. The Bertz CT molecular complexity index is 710. The standard InChI is InChI=1S/C20H23NO5/c1-23-15-8-10-16(11-9-15)25-14-20(22)21-18-6-2-3-7-19(18)26-13-17-5-4-12-24-17/h2-3,6-11,17H,4-5,12-14H2,1H3,(H,21,22)/t17-/m1/s1. The smallest absolute Gasteiger partial charge is 0.262 e. The van der Waals surface area contributed by atoms with E-state index in [0.717, 1.165) is 25.2 Å². The Morgan fingerprint density at radius 3 is 2.62 bits per heavy atom. The number of benzene rings is 2. The van der Waals surface area contributed by atoms with Crippen molar-refractivity contribution in [3.63, 3.8) is 0 Å². The Hall–Kier alpha value is -2.73. The highest BCUT2D eigenvalue weighted by atomic mass is 16.5. The van der Waals surface area contributed by atoms with E-state index in [2.05, 4.69) is 5.32 Å². The molecule has 0 aromatic heterocycles. The molecule has 0 aliphatic carbocycles. The van der Waals surface area contributed by atoms with Crippen molar-refractivity contribution in [2.75, 3.05) is 32.2 Å². The Balaban J connectivity index is 1.51. The molecule has 0 radical (unpaired) electrons. The second-order valence-electron chi connectivity index (χ2n) is 5.95. The van der Waals surface area contributed by atoms with Crippen LogP contribution in [0.2, 0.25) is 0 Å². The van der Waals surface area contributed by atoms with Gasteiger partial charge in [-0.1, -0.05) is 12.1 Å². The summed E-state index contributed by atoms with van der Waals surface area (Å²) in [6, 6.07) is 14.4. The van der Waals surface area contributed by atoms with Crippen LogP contribution < -0.4 is 19.5 Å². The third-order valence-electron chi connectivity index (χ3n) is 4.04. The lowest BCUT2D eigenvalue weighted by atomic mass is 10.2. The van der Waals surface area contributed by atoms with Gasteiger partial charge in [0.2, 0.25) is 0 Å². The molecule has 1 amide bonds. The molecule has 1 heterocycles. The second kappa shape index (κ2) is 9.10. The summed E-state index contributed by atoms with van der Waals surface area (Å²) in [6.45, 7) is 1.18. The van der Waals surface area contributed by atoms with Gasteiger partial charge in [0.15, 0.2) is 6.61 Å². The molecular formula is C20H23NO5. The van der Waals surface area contributed by atoms with E-state index in [1.165, 1.54) is 0 Å². The highest BCUT2D eigenvalue weighted by molar-refractivity contribution is 5.93. The van der Waals surface area contributed by atoms with Crippen molar-refractivity contribution in [1.29, 1.82) is 0 Å². The molecular weight excluding hydrogens is 334 g/mol. The summed E-state index contributed by atoms with van der Waals surface area (Å²) in [5.41, 5.74) is 0.619. The molecule has 0 unspecified atom stereocenters.